The molecular formula is C33H43N3O7S. The first-order chi connectivity index (χ1) is 21.0. The molecule has 0 spiro atoms. The van der Waals surface area contributed by atoms with E-state index in [0.29, 0.717) is 18.1 Å². The molecule has 238 valence electrons. The van der Waals surface area contributed by atoms with E-state index in [0.717, 1.165) is 21.9 Å². The number of anilines is 1. The molecule has 0 saturated carbocycles. The van der Waals surface area contributed by atoms with E-state index < -0.39 is 28.5 Å². The van der Waals surface area contributed by atoms with E-state index >= 15 is 0 Å². The van der Waals surface area contributed by atoms with Gasteiger partial charge in [-0.1, -0.05) is 31.2 Å². The minimum absolute atomic E-state index is 0.0915. The molecule has 0 radical (unpaired) electrons. The van der Waals surface area contributed by atoms with Gasteiger partial charge in [-0.15, -0.1) is 0 Å². The Kier molecular flexibility index (Phi) is 12.0. The van der Waals surface area contributed by atoms with Crippen LogP contribution in [-0.2, 0) is 26.2 Å². The molecule has 0 heterocycles. The summed E-state index contributed by atoms with van der Waals surface area (Å²) in [5, 5.41) is 2.94. The third kappa shape index (κ3) is 8.22. The topological polar surface area (TPSA) is 114 Å². The van der Waals surface area contributed by atoms with Crippen molar-refractivity contribution < 1.29 is 32.2 Å². The molecule has 0 aromatic heterocycles. The lowest BCUT2D eigenvalue weighted by molar-refractivity contribution is -0.139. The fourth-order valence-electron chi connectivity index (χ4n) is 4.53. The number of carbonyl (C=O) groups excluding carboxylic acids is 2. The van der Waals surface area contributed by atoms with Gasteiger partial charge < -0.3 is 24.4 Å². The van der Waals surface area contributed by atoms with Crippen LogP contribution in [-0.4, -0.2) is 64.6 Å². The van der Waals surface area contributed by atoms with Gasteiger partial charge in [0.1, 0.15) is 18.3 Å². The summed E-state index contributed by atoms with van der Waals surface area (Å²) in [6, 6.07) is 17.3. The Morgan fingerprint density at radius 3 is 2.16 bits per heavy atom. The maximum Gasteiger partial charge on any atom is 0.264 e. The SMILES string of the molecule is CCOc1ccc(N(CC(=O)N(Cc2ccccc2C)[C@@H](C)C(=O)N[C@H](C)CC)S(=O)(=O)c2ccc(OC)c(OC)c2)cc1. The number of nitrogens with one attached hydrogen (secondary N) is 1. The van der Waals surface area contributed by atoms with E-state index in [4.69, 9.17) is 14.2 Å². The molecule has 10 nitrogen and oxygen atoms in total. The van der Waals surface area contributed by atoms with Gasteiger partial charge in [-0.2, -0.15) is 0 Å². The fraction of sp³-hybridized carbons (Fsp3) is 0.394. The Morgan fingerprint density at radius 2 is 1.57 bits per heavy atom. The summed E-state index contributed by atoms with van der Waals surface area (Å²) in [5.74, 6) is 0.279. The van der Waals surface area contributed by atoms with Crippen molar-refractivity contribution in [1.29, 1.82) is 0 Å². The smallest absolute Gasteiger partial charge is 0.264 e. The van der Waals surface area contributed by atoms with Gasteiger partial charge in [0, 0.05) is 18.7 Å². The molecule has 1 N–H and O–H groups in total. The van der Waals surface area contributed by atoms with Gasteiger partial charge in [-0.05, 0) is 81.6 Å². The van der Waals surface area contributed by atoms with Crippen molar-refractivity contribution in [2.45, 2.75) is 64.6 Å². The summed E-state index contributed by atoms with van der Waals surface area (Å²) < 4.78 is 45.7. The second kappa shape index (κ2) is 15.5. The van der Waals surface area contributed by atoms with Crippen molar-refractivity contribution in [1.82, 2.24) is 10.2 Å². The molecule has 3 rings (SSSR count). The average Bonchev–Trinajstić information content (AvgIpc) is 3.02. The standard InChI is InChI=1S/C33H43N3O7S/c1-8-24(4)34-33(38)25(5)35(21-26-13-11-10-12-23(26)3)32(37)22-36(27-14-16-28(17-15-27)43-9-2)44(39,40)29-18-19-30(41-6)31(20-29)42-7/h10-20,24-25H,8-9,21-22H2,1-7H3,(H,34,38)/t24-,25+/m1/s1. The normalized spacial score (nSPS) is 12.5. The number of benzene rings is 3. The number of amides is 2. The number of methoxy groups -OCH3 is 2. The number of nitrogens with zero attached hydrogens (tertiary/aromatic N) is 2. The van der Waals surface area contributed by atoms with Crippen LogP contribution in [0.5, 0.6) is 17.2 Å². The number of sulfonamides is 1. The summed E-state index contributed by atoms with van der Waals surface area (Å²) in [6.07, 6.45) is 0.722. The minimum Gasteiger partial charge on any atom is -0.494 e. The maximum atomic E-state index is 14.2. The van der Waals surface area contributed by atoms with Crippen LogP contribution in [0, 0.1) is 6.92 Å². The predicted octanol–water partition coefficient (Wildman–Crippen LogP) is 4.94. The summed E-state index contributed by atoms with van der Waals surface area (Å²) in [7, 11) is -1.44. The van der Waals surface area contributed by atoms with E-state index in [1.807, 2.05) is 52.0 Å². The van der Waals surface area contributed by atoms with Crippen LogP contribution < -0.4 is 23.8 Å². The van der Waals surface area contributed by atoms with Gasteiger partial charge in [0.25, 0.3) is 10.0 Å². The molecule has 2 amide bonds. The lowest BCUT2D eigenvalue weighted by atomic mass is 10.1. The molecule has 44 heavy (non-hydrogen) atoms. The molecule has 2 atom stereocenters. The van der Waals surface area contributed by atoms with E-state index in [9.17, 15) is 18.0 Å². The van der Waals surface area contributed by atoms with Gasteiger partial charge >= 0.3 is 0 Å². The second-order valence-electron chi connectivity index (χ2n) is 10.4. The van der Waals surface area contributed by atoms with Crippen molar-refractivity contribution in [2.75, 3.05) is 31.7 Å². The molecule has 0 aliphatic carbocycles. The molecule has 3 aromatic carbocycles. The predicted molar refractivity (Wildman–Crippen MR) is 171 cm³/mol. The fourth-order valence-corrected chi connectivity index (χ4v) is 5.96. The Hall–Kier alpha value is -4.25. The van der Waals surface area contributed by atoms with Crippen LogP contribution in [0.2, 0.25) is 0 Å². The summed E-state index contributed by atoms with van der Waals surface area (Å²) in [4.78, 5) is 28.8. The van der Waals surface area contributed by atoms with Crippen LogP contribution in [0.15, 0.2) is 71.6 Å². The monoisotopic (exact) mass is 625 g/mol. The lowest BCUT2D eigenvalue weighted by Crippen LogP contribution is -2.52. The molecule has 3 aromatic rings. The Morgan fingerprint density at radius 1 is 0.909 bits per heavy atom. The molecule has 0 bridgehead atoms. The summed E-state index contributed by atoms with van der Waals surface area (Å²) in [5.41, 5.74) is 2.05. The molecule has 0 fully saturated rings. The highest BCUT2D eigenvalue weighted by molar-refractivity contribution is 7.92. The first kappa shape index (κ1) is 34.2. The Balaban J connectivity index is 2.09. The zero-order chi connectivity index (χ0) is 32.4. The molecule has 0 unspecified atom stereocenters. The minimum atomic E-state index is -4.31. The number of aryl methyl sites for hydroxylation is 1. The molecular weight excluding hydrogens is 582 g/mol. The number of hydrogen-bond donors (Lipinski definition) is 1. The number of hydrogen-bond acceptors (Lipinski definition) is 7. The van der Waals surface area contributed by atoms with Crippen LogP contribution >= 0.6 is 0 Å². The maximum absolute atomic E-state index is 14.2. The highest BCUT2D eigenvalue weighted by atomic mass is 32.2. The molecule has 0 aliphatic rings. The third-order valence-electron chi connectivity index (χ3n) is 7.43. The van der Waals surface area contributed by atoms with Crippen LogP contribution in [0.25, 0.3) is 0 Å². The lowest BCUT2D eigenvalue weighted by Gasteiger charge is -2.33. The average molecular weight is 626 g/mol. The van der Waals surface area contributed by atoms with Crippen molar-refractivity contribution in [3.05, 3.63) is 77.9 Å². The largest absolute Gasteiger partial charge is 0.494 e. The first-order valence-corrected chi connectivity index (χ1v) is 16.0. The quantitative estimate of drug-likeness (QED) is 0.255. The van der Waals surface area contributed by atoms with Gasteiger partial charge in [-0.25, -0.2) is 8.42 Å². The van der Waals surface area contributed by atoms with Crippen LogP contribution in [0.4, 0.5) is 5.69 Å². The van der Waals surface area contributed by atoms with Crippen molar-refractivity contribution in [3.8, 4) is 17.2 Å². The molecule has 0 aliphatic heterocycles. The van der Waals surface area contributed by atoms with E-state index in [2.05, 4.69) is 5.32 Å². The van der Waals surface area contributed by atoms with Crippen molar-refractivity contribution in [3.63, 3.8) is 0 Å². The van der Waals surface area contributed by atoms with Gasteiger partial charge in [0.2, 0.25) is 11.8 Å². The van der Waals surface area contributed by atoms with E-state index in [1.165, 1.54) is 37.3 Å². The van der Waals surface area contributed by atoms with Crippen LogP contribution in [0.1, 0.15) is 45.2 Å². The van der Waals surface area contributed by atoms with Crippen LogP contribution in [0.3, 0.4) is 0 Å². The summed E-state index contributed by atoms with van der Waals surface area (Å²) >= 11 is 0. The zero-order valence-electron chi connectivity index (χ0n) is 26.5. The number of rotatable bonds is 15. The zero-order valence-corrected chi connectivity index (χ0v) is 27.3. The van der Waals surface area contributed by atoms with Crippen molar-refractivity contribution >= 4 is 27.5 Å². The van der Waals surface area contributed by atoms with Gasteiger partial charge in [0.05, 0.1) is 31.4 Å². The van der Waals surface area contributed by atoms with Crippen molar-refractivity contribution in [2.24, 2.45) is 0 Å². The van der Waals surface area contributed by atoms with E-state index in [-0.39, 0.29) is 34.8 Å². The molecule has 11 heteroatoms. The third-order valence-corrected chi connectivity index (χ3v) is 9.20. The van der Waals surface area contributed by atoms with Gasteiger partial charge in [0.15, 0.2) is 11.5 Å². The first-order valence-electron chi connectivity index (χ1n) is 14.6. The second-order valence-corrected chi connectivity index (χ2v) is 12.3. The highest BCUT2D eigenvalue weighted by Gasteiger charge is 2.33. The summed E-state index contributed by atoms with van der Waals surface area (Å²) in [6.45, 7) is 9.28. The Bertz CT molecular complexity index is 1530. The number of ether oxygens (including phenoxy) is 3. The number of carbonyl (C=O) groups is 2. The van der Waals surface area contributed by atoms with Gasteiger partial charge in [-0.3, -0.25) is 13.9 Å². The molecule has 0 saturated heterocycles. The Labute approximate surface area is 261 Å². The van der Waals surface area contributed by atoms with E-state index in [1.54, 1.807) is 31.2 Å². The highest BCUT2D eigenvalue weighted by Crippen LogP contribution is 2.33.